The number of fused-ring (bicyclic) bond motifs is 1. The van der Waals surface area contributed by atoms with Gasteiger partial charge in [-0.25, -0.2) is 0 Å². The second-order valence-corrected chi connectivity index (χ2v) is 3.83. The molecule has 0 radical (unpaired) electrons. The van der Waals surface area contributed by atoms with Crippen molar-refractivity contribution in [3.63, 3.8) is 0 Å². The van der Waals surface area contributed by atoms with Gasteiger partial charge in [0.2, 0.25) is 5.91 Å². The predicted octanol–water partition coefficient (Wildman–Crippen LogP) is 1.86. The lowest BCUT2D eigenvalue weighted by Gasteiger charge is -2.33. The third-order valence-corrected chi connectivity index (χ3v) is 2.82. The van der Waals surface area contributed by atoms with Gasteiger partial charge in [-0.2, -0.15) is 0 Å². The molecule has 0 saturated carbocycles. The molecule has 0 spiro atoms. The van der Waals surface area contributed by atoms with Crippen molar-refractivity contribution < 1.29 is 9.53 Å². The third kappa shape index (κ3) is 1.60. The van der Waals surface area contributed by atoms with Crippen LogP contribution in [0.5, 0.6) is 5.75 Å². The third-order valence-electron chi connectivity index (χ3n) is 2.82. The summed E-state index contributed by atoms with van der Waals surface area (Å²) < 4.78 is 5.17. The minimum atomic E-state index is -0.166. The van der Waals surface area contributed by atoms with E-state index in [1.54, 1.807) is 12.0 Å². The molecule has 0 aliphatic carbocycles. The molecule has 4 heteroatoms. The Morgan fingerprint density at radius 1 is 1.50 bits per heavy atom. The summed E-state index contributed by atoms with van der Waals surface area (Å²) >= 11 is 0. The quantitative estimate of drug-likeness (QED) is 0.827. The lowest BCUT2D eigenvalue weighted by Crippen LogP contribution is -2.45. The van der Waals surface area contributed by atoms with Crippen LogP contribution in [0.1, 0.15) is 13.8 Å². The van der Waals surface area contributed by atoms with Crippen LogP contribution in [0, 0.1) is 0 Å². The van der Waals surface area contributed by atoms with Crippen molar-refractivity contribution in [3.8, 4) is 5.75 Å². The van der Waals surface area contributed by atoms with Gasteiger partial charge < -0.3 is 15.0 Å². The number of carbonyl (C=O) groups excluding carboxylic acids is 1. The smallest absolute Gasteiger partial charge is 0.249 e. The summed E-state index contributed by atoms with van der Waals surface area (Å²) in [6.45, 7) is 4.52. The van der Waals surface area contributed by atoms with E-state index in [9.17, 15) is 4.79 Å². The van der Waals surface area contributed by atoms with Crippen LogP contribution in [0.2, 0.25) is 0 Å². The number of nitrogens with one attached hydrogen (secondary N) is 1. The molecule has 4 nitrogen and oxygen atoms in total. The number of benzene rings is 1. The van der Waals surface area contributed by atoms with Crippen LogP contribution >= 0.6 is 0 Å². The fourth-order valence-electron chi connectivity index (χ4n) is 1.96. The minimum Gasteiger partial charge on any atom is -0.497 e. The van der Waals surface area contributed by atoms with Crippen LogP contribution in [0.25, 0.3) is 0 Å². The molecule has 0 aromatic heterocycles. The molecule has 0 fully saturated rings. The van der Waals surface area contributed by atoms with Crippen molar-refractivity contribution >= 4 is 17.3 Å². The van der Waals surface area contributed by atoms with Gasteiger partial charge in [0.1, 0.15) is 11.8 Å². The molecule has 1 aliphatic heterocycles. The fourth-order valence-corrected chi connectivity index (χ4v) is 1.96. The van der Waals surface area contributed by atoms with E-state index in [1.165, 1.54) is 0 Å². The van der Waals surface area contributed by atoms with Crippen molar-refractivity contribution in [3.05, 3.63) is 18.2 Å². The zero-order valence-corrected chi connectivity index (χ0v) is 9.78. The first kappa shape index (κ1) is 10.8. The molecule has 1 aromatic carbocycles. The molecule has 1 N–H and O–H groups in total. The van der Waals surface area contributed by atoms with E-state index in [4.69, 9.17) is 4.74 Å². The summed E-state index contributed by atoms with van der Waals surface area (Å²) in [7, 11) is 1.62. The molecule has 1 unspecified atom stereocenters. The molecule has 16 heavy (non-hydrogen) atoms. The van der Waals surface area contributed by atoms with Crippen molar-refractivity contribution in [1.29, 1.82) is 0 Å². The molecule has 1 heterocycles. The van der Waals surface area contributed by atoms with E-state index in [0.29, 0.717) is 6.54 Å². The zero-order chi connectivity index (χ0) is 11.7. The first-order valence-corrected chi connectivity index (χ1v) is 5.43. The van der Waals surface area contributed by atoms with Gasteiger partial charge in [0.25, 0.3) is 0 Å². The Morgan fingerprint density at radius 3 is 2.88 bits per heavy atom. The number of likely N-dealkylation sites (N-methyl/N-ethyl adjacent to an activating group) is 1. The maximum atomic E-state index is 11.9. The average Bonchev–Trinajstić information content (AvgIpc) is 2.30. The lowest BCUT2D eigenvalue weighted by molar-refractivity contribution is -0.119. The molecule has 0 saturated heterocycles. The Labute approximate surface area is 95.2 Å². The van der Waals surface area contributed by atoms with E-state index < -0.39 is 0 Å². The Morgan fingerprint density at radius 2 is 2.25 bits per heavy atom. The van der Waals surface area contributed by atoms with Crippen LogP contribution in [-0.2, 0) is 4.79 Å². The summed E-state index contributed by atoms with van der Waals surface area (Å²) in [5.41, 5.74) is 1.87. The SMILES string of the molecule is CCN1C(=O)C(C)Nc2ccc(OC)cc21. The second kappa shape index (κ2) is 4.04. The second-order valence-electron chi connectivity index (χ2n) is 3.83. The van der Waals surface area contributed by atoms with Gasteiger partial charge in [-0.3, -0.25) is 4.79 Å². The molecule has 1 atom stereocenters. The standard InChI is InChI=1S/C12H16N2O2/c1-4-14-11-7-9(16-3)5-6-10(11)13-8(2)12(14)15/h5-8,13H,4H2,1-3H3. The van der Waals surface area contributed by atoms with Gasteiger partial charge in [0.15, 0.2) is 0 Å². The highest BCUT2D eigenvalue weighted by atomic mass is 16.5. The van der Waals surface area contributed by atoms with Gasteiger partial charge >= 0.3 is 0 Å². The Hall–Kier alpha value is -1.71. The highest BCUT2D eigenvalue weighted by molar-refractivity contribution is 6.04. The van der Waals surface area contributed by atoms with Gasteiger partial charge in [0, 0.05) is 12.6 Å². The maximum absolute atomic E-state index is 11.9. The number of anilines is 2. The topological polar surface area (TPSA) is 41.6 Å². The first-order valence-electron chi connectivity index (χ1n) is 5.43. The molecule has 86 valence electrons. The van der Waals surface area contributed by atoms with E-state index in [2.05, 4.69) is 5.32 Å². The molecule has 0 bridgehead atoms. The van der Waals surface area contributed by atoms with Crippen LogP contribution < -0.4 is 15.0 Å². The number of hydrogen-bond donors (Lipinski definition) is 1. The number of nitrogens with zero attached hydrogens (tertiary/aromatic N) is 1. The first-order chi connectivity index (χ1) is 7.67. The highest BCUT2D eigenvalue weighted by Crippen LogP contribution is 2.34. The Kier molecular flexibility index (Phi) is 2.73. The number of hydrogen-bond acceptors (Lipinski definition) is 3. The fraction of sp³-hybridized carbons (Fsp3) is 0.417. The Balaban J connectivity index is 2.48. The molecule has 2 rings (SSSR count). The summed E-state index contributed by atoms with van der Waals surface area (Å²) in [5.74, 6) is 0.865. The Bertz CT molecular complexity index is 417. The molecule has 1 amide bonds. The maximum Gasteiger partial charge on any atom is 0.249 e. The predicted molar refractivity (Wildman–Crippen MR) is 64.1 cm³/mol. The molecule has 1 aromatic rings. The van der Waals surface area contributed by atoms with Crippen LogP contribution in [0.15, 0.2) is 18.2 Å². The van der Waals surface area contributed by atoms with Crippen molar-refractivity contribution in [2.24, 2.45) is 0 Å². The number of rotatable bonds is 2. The lowest BCUT2D eigenvalue weighted by atomic mass is 10.1. The van der Waals surface area contributed by atoms with Gasteiger partial charge in [-0.15, -0.1) is 0 Å². The summed E-state index contributed by atoms with van der Waals surface area (Å²) in [6.07, 6.45) is 0. The van der Waals surface area contributed by atoms with E-state index in [1.807, 2.05) is 32.0 Å². The monoisotopic (exact) mass is 220 g/mol. The molecular weight excluding hydrogens is 204 g/mol. The number of ether oxygens (including phenoxy) is 1. The minimum absolute atomic E-state index is 0.100. The molecule has 1 aliphatic rings. The van der Waals surface area contributed by atoms with Gasteiger partial charge in [-0.05, 0) is 26.0 Å². The molecular formula is C12H16N2O2. The van der Waals surface area contributed by atoms with Crippen LogP contribution in [-0.4, -0.2) is 25.6 Å². The number of carbonyl (C=O) groups is 1. The summed E-state index contributed by atoms with van der Waals surface area (Å²) in [6, 6.07) is 5.55. The van der Waals surface area contributed by atoms with Gasteiger partial charge in [0.05, 0.1) is 18.5 Å². The summed E-state index contributed by atoms with van der Waals surface area (Å²) in [4.78, 5) is 13.7. The van der Waals surface area contributed by atoms with Crippen molar-refractivity contribution in [2.75, 3.05) is 23.9 Å². The zero-order valence-electron chi connectivity index (χ0n) is 9.78. The number of methoxy groups -OCH3 is 1. The highest BCUT2D eigenvalue weighted by Gasteiger charge is 2.28. The van der Waals surface area contributed by atoms with E-state index in [0.717, 1.165) is 17.1 Å². The normalized spacial score (nSPS) is 19.1. The summed E-state index contributed by atoms with van der Waals surface area (Å²) in [5, 5.41) is 3.18. The van der Waals surface area contributed by atoms with Gasteiger partial charge in [-0.1, -0.05) is 0 Å². The van der Waals surface area contributed by atoms with Crippen LogP contribution in [0.4, 0.5) is 11.4 Å². The van der Waals surface area contributed by atoms with Crippen molar-refractivity contribution in [2.45, 2.75) is 19.9 Å². The largest absolute Gasteiger partial charge is 0.497 e. The van der Waals surface area contributed by atoms with E-state index >= 15 is 0 Å². The van der Waals surface area contributed by atoms with Crippen molar-refractivity contribution in [1.82, 2.24) is 0 Å². The van der Waals surface area contributed by atoms with Crippen LogP contribution in [0.3, 0.4) is 0 Å². The number of amides is 1. The average molecular weight is 220 g/mol. The van der Waals surface area contributed by atoms with E-state index in [-0.39, 0.29) is 11.9 Å².